The molecule has 1 aliphatic heterocycles. The largest absolute Gasteiger partial charge is 0.332 e. The maximum absolute atomic E-state index is 12.9. The van der Waals surface area contributed by atoms with E-state index in [1.54, 1.807) is 17.5 Å². The zero-order chi connectivity index (χ0) is 16.2. The van der Waals surface area contributed by atoms with Gasteiger partial charge in [0.15, 0.2) is 0 Å². The molecular weight excluding hydrogens is 308 g/mol. The Labute approximate surface area is 141 Å². The zero-order valence-corrected chi connectivity index (χ0v) is 14.6. The number of aromatic nitrogens is 3. The third-order valence-corrected chi connectivity index (χ3v) is 5.07. The number of rotatable bonds is 5. The van der Waals surface area contributed by atoms with E-state index in [1.807, 2.05) is 27.2 Å². The number of likely N-dealkylation sites (tertiary alicyclic amines) is 1. The van der Waals surface area contributed by atoms with Gasteiger partial charge in [-0.2, -0.15) is 5.10 Å². The molecule has 0 spiro atoms. The summed E-state index contributed by atoms with van der Waals surface area (Å²) in [5.74, 6) is 0.639. The van der Waals surface area contributed by atoms with Gasteiger partial charge in [-0.1, -0.05) is 13.8 Å². The Hall–Kier alpha value is -1.69. The van der Waals surface area contributed by atoms with Crippen LogP contribution in [0.4, 0.5) is 0 Å². The molecule has 5 nitrogen and oxygen atoms in total. The van der Waals surface area contributed by atoms with Crippen molar-refractivity contribution < 1.29 is 4.79 Å². The third-order valence-electron chi connectivity index (χ3n) is 4.20. The molecule has 1 atom stereocenters. The van der Waals surface area contributed by atoms with E-state index in [2.05, 4.69) is 23.9 Å². The molecule has 0 radical (unpaired) electrons. The second kappa shape index (κ2) is 7.25. The Morgan fingerprint density at radius 2 is 2.30 bits per heavy atom. The van der Waals surface area contributed by atoms with Crippen LogP contribution in [0, 0.1) is 5.92 Å². The molecule has 2 aromatic heterocycles. The summed E-state index contributed by atoms with van der Waals surface area (Å²) in [5, 5.41) is 7.25. The first kappa shape index (κ1) is 16.2. The molecule has 0 bridgehead atoms. The second-order valence-corrected chi connectivity index (χ2v) is 7.54. The van der Waals surface area contributed by atoms with Crippen molar-refractivity contribution in [3.63, 3.8) is 0 Å². The van der Waals surface area contributed by atoms with Crippen molar-refractivity contribution in [2.75, 3.05) is 6.54 Å². The minimum atomic E-state index is 0.0770. The van der Waals surface area contributed by atoms with Gasteiger partial charge in [0.1, 0.15) is 5.69 Å². The lowest BCUT2D eigenvalue weighted by Gasteiger charge is -2.35. The molecule has 6 heteroatoms. The van der Waals surface area contributed by atoms with E-state index in [1.165, 1.54) is 6.42 Å². The van der Waals surface area contributed by atoms with Crippen LogP contribution in [0.25, 0.3) is 0 Å². The van der Waals surface area contributed by atoms with Crippen molar-refractivity contribution in [1.29, 1.82) is 0 Å². The Morgan fingerprint density at radius 3 is 3.04 bits per heavy atom. The quantitative estimate of drug-likeness (QED) is 0.844. The van der Waals surface area contributed by atoms with E-state index >= 15 is 0 Å². The van der Waals surface area contributed by atoms with E-state index in [-0.39, 0.29) is 11.9 Å². The summed E-state index contributed by atoms with van der Waals surface area (Å²) in [6.45, 7) is 5.94. The highest BCUT2D eigenvalue weighted by Gasteiger charge is 2.29. The molecule has 3 rings (SSSR count). The number of carbonyl (C=O) groups is 1. The average molecular weight is 332 g/mol. The molecule has 0 aromatic carbocycles. The lowest BCUT2D eigenvalue weighted by atomic mass is 10.0. The molecular formula is C17H24N4OS. The first-order valence-electron chi connectivity index (χ1n) is 8.36. The van der Waals surface area contributed by atoms with Gasteiger partial charge in [-0.15, -0.1) is 11.3 Å². The van der Waals surface area contributed by atoms with E-state index in [9.17, 15) is 4.79 Å². The fourth-order valence-corrected chi connectivity index (χ4v) is 4.06. The molecule has 0 N–H and O–H groups in total. The van der Waals surface area contributed by atoms with Crippen LogP contribution in [-0.2, 0) is 13.0 Å². The van der Waals surface area contributed by atoms with Crippen LogP contribution in [0.1, 0.15) is 48.6 Å². The maximum Gasteiger partial charge on any atom is 0.273 e. The highest BCUT2D eigenvalue weighted by atomic mass is 32.1. The summed E-state index contributed by atoms with van der Waals surface area (Å²) in [6, 6.07) is 2.14. The van der Waals surface area contributed by atoms with Crippen LogP contribution in [0.2, 0.25) is 0 Å². The second-order valence-electron chi connectivity index (χ2n) is 6.60. The average Bonchev–Trinajstić information content (AvgIpc) is 3.18. The van der Waals surface area contributed by atoms with Gasteiger partial charge in [0.2, 0.25) is 0 Å². The van der Waals surface area contributed by atoms with Crippen molar-refractivity contribution in [3.8, 4) is 0 Å². The molecule has 3 heterocycles. The fraction of sp³-hybridized carbons (Fsp3) is 0.588. The topological polar surface area (TPSA) is 51.0 Å². The number of hydrogen-bond donors (Lipinski definition) is 0. The summed E-state index contributed by atoms with van der Waals surface area (Å²) in [6.07, 6.45) is 7.97. The minimum Gasteiger partial charge on any atom is -0.332 e. The predicted molar refractivity (Wildman–Crippen MR) is 91.6 cm³/mol. The van der Waals surface area contributed by atoms with Gasteiger partial charge in [-0.25, -0.2) is 4.98 Å². The van der Waals surface area contributed by atoms with Crippen molar-refractivity contribution in [1.82, 2.24) is 19.7 Å². The number of nitrogens with zero attached hydrogens (tertiary/aromatic N) is 4. The predicted octanol–water partition coefficient (Wildman–Crippen LogP) is 3.23. The van der Waals surface area contributed by atoms with Gasteiger partial charge in [-0.05, 0) is 31.2 Å². The molecule has 124 valence electrons. The summed E-state index contributed by atoms with van der Waals surface area (Å²) in [7, 11) is 0. The lowest BCUT2D eigenvalue weighted by molar-refractivity contribution is 0.0578. The Balaban J connectivity index is 1.71. The van der Waals surface area contributed by atoms with Crippen LogP contribution in [0.3, 0.4) is 0 Å². The lowest BCUT2D eigenvalue weighted by Crippen LogP contribution is -2.46. The van der Waals surface area contributed by atoms with Gasteiger partial charge >= 0.3 is 0 Å². The third kappa shape index (κ3) is 3.99. The van der Waals surface area contributed by atoms with E-state index in [4.69, 9.17) is 0 Å². The van der Waals surface area contributed by atoms with E-state index < -0.39 is 0 Å². The first-order chi connectivity index (χ1) is 11.1. The van der Waals surface area contributed by atoms with Crippen LogP contribution in [-0.4, -0.2) is 38.2 Å². The summed E-state index contributed by atoms with van der Waals surface area (Å²) in [5.41, 5.74) is 0.609. The maximum atomic E-state index is 12.9. The van der Waals surface area contributed by atoms with Crippen LogP contribution in [0.15, 0.2) is 23.8 Å². The number of hydrogen-bond acceptors (Lipinski definition) is 4. The highest BCUT2D eigenvalue weighted by molar-refractivity contribution is 7.09. The van der Waals surface area contributed by atoms with Gasteiger partial charge in [0.05, 0.1) is 17.6 Å². The molecule has 1 aliphatic rings. The molecule has 1 fully saturated rings. The van der Waals surface area contributed by atoms with Gasteiger partial charge in [0, 0.05) is 30.7 Å². The van der Waals surface area contributed by atoms with E-state index in [0.29, 0.717) is 11.6 Å². The van der Waals surface area contributed by atoms with Gasteiger partial charge in [-0.3, -0.25) is 9.48 Å². The summed E-state index contributed by atoms with van der Waals surface area (Å²) in [4.78, 5) is 19.4. The fourth-order valence-electron chi connectivity index (χ4n) is 3.08. The van der Waals surface area contributed by atoms with Crippen molar-refractivity contribution in [2.24, 2.45) is 5.92 Å². The van der Waals surface area contributed by atoms with Crippen LogP contribution < -0.4 is 0 Å². The number of piperidine rings is 1. The molecule has 1 amide bonds. The smallest absolute Gasteiger partial charge is 0.273 e. The number of carbonyl (C=O) groups excluding carboxylic acids is 1. The highest BCUT2D eigenvalue weighted by Crippen LogP contribution is 2.22. The number of thiazole rings is 1. The molecule has 0 saturated carbocycles. The molecule has 0 aliphatic carbocycles. The Bertz CT molecular complexity index is 635. The minimum absolute atomic E-state index is 0.0770. The Kier molecular flexibility index (Phi) is 5.10. The summed E-state index contributed by atoms with van der Waals surface area (Å²) >= 11 is 1.60. The van der Waals surface area contributed by atoms with Crippen molar-refractivity contribution in [2.45, 2.75) is 52.1 Å². The molecule has 23 heavy (non-hydrogen) atoms. The van der Waals surface area contributed by atoms with Crippen molar-refractivity contribution >= 4 is 17.2 Å². The molecule has 1 saturated heterocycles. The molecule has 1 unspecified atom stereocenters. The standard InChI is InChI=1S/C17H24N4OS/c1-13(2)10-16-19-15(12-23-16)17(22)21-9-4-3-6-14(21)11-20-8-5-7-18-20/h5,7-8,12-14H,3-4,6,9-11H2,1-2H3. The SMILES string of the molecule is CC(C)Cc1nc(C(=O)N2CCCCC2Cn2cccn2)cs1. The van der Waals surface area contributed by atoms with Crippen LogP contribution >= 0.6 is 11.3 Å². The van der Waals surface area contributed by atoms with Gasteiger partial charge < -0.3 is 4.90 Å². The van der Waals surface area contributed by atoms with Gasteiger partial charge in [0.25, 0.3) is 5.91 Å². The monoisotopic (exact) mass is 332 g/mol. The number of amides is 1. The normalized spacial score (nSPS) is 18.6. The van der Waals surface area contributed by atoms with Crippen LogP contribution in [0.5, 0.6) is 0 Å². The zero-order valence-electron chi connectivity index (χ0n) is 13.8. The first-order valence-corrected chi connectivity index (χ1v) is 9.24. The Morgan fingerprint density at radius 1 is 1.43 bits per heavy atom. The molecule has 2 aromatic rings. The van der Waals surface area contributed by atoms with Crippen molar-refractivity contribution in [3.05, 3.63) is 34.5 Å². The van der Waals surface area contributed by atoms with E-state index in [0.717, 1.165) is 37.4 Å². The summed E-state index contributed by atoms with van der Waals surface area (Å²) < 4.78 is 1.92.